The van der Waals surface area contributed by atoms with E-state index in [9.17, 15) is 0 Å². The van der Waals surface area contributed by atoms with Crippen molar-refractivity contribution >= 4 is 5.96 Å². The molecule has 0 radical (unpaired) electrons. The largest absolute Gasteiger partial charge is 0.497 e. The zero-order valence-electron chi connectivity index (χ0n) is 18.6. The summed E-state index contributed by atoms with van der Waals surface area (Å²) in [5.41, 5.74) is 1.09. The van der Waals surface area contributed by atoms with Crippen molar-refractivity contribution in [3.8, 4) is 11.5 Å². The van der Waals surface area contributed by atoms with Gasteiger partial charge < -0.3 is 24.7 Å². The predicted molar refractivity (Wildman–Crippen MR) is 120 cm³/mol. The first kappa shape index (κ1) is 22.0. The molecule has 0 aliphatic heterocycles. The third-order valence-electron chi connectivity index (χ3n) is 5.32. The molecular formula is C23H35N5O2. The Bertz CT molecular complexity index is 825. The van der Waals surface area contributed by atoms with Crippen molar-refractivity contribution in [2.45, 2.75) is 65.3 Å². The van der Waals surface area contributed by atoms with E-state index in [1.807, 2.05) is 24.5 Å². The number of aromatic nitrogens is 2. The van der Waals surface area contributed by atoms with Gasteiger partial charge in [-0.25, -0.2) is 4.98 Å². The molecule has 1 aliphatic rings. The fraction of sp³-hybridized carbons (Fsp3) is 0.565. The van der Waals surface area contributed by atoms with E-state index in [0.29, 0.717) is 25.1 Å². The molecule has 0 atom stereocenters. The summed E-state index contributed by atoms with van der Waals surface area (Å²) in [4.78, 5) is 8.82. The van der Waals surface area contributed by atoms with E-state index in [-0.39, 0.29) is 0 Å². The van der Waals surface area contributed by atoms with Gasteiger partial charge in [0, 0.05) is 44.2 Å². The number of guanidine groups is 1. The summed E-state index contributed by atoms with van der Waals surface area (Å²) in [7, 11) is 3.46. The lowest BCUT2D eigenvalue weighted by molar-refractivity contribution is 0.207. The normalized spacial score (nSPS) is 14.9. The lowest BCUT2D eigenvalue weighted by atomic mass is 10.2. The van der Waals surface area contributed by atoms with Gasteiger partial charge in [0.15, 0.2) is 5.96 Å². The Kier molecular flexibility index (Phi) is 7.99. The van der Waals surface area contributed by atoms with Crippen LogP contribution in [0, 0.1) is 5.92 Å². The van der Waals surface area contributed by atoms with Gasteiger partial charge in [-0.2, -0.15) is 0 Å². The third kappa shape index (κ3) is 6.15. The number of methoxy groups -OCH3 is 1. The van der Waals surface area contributed by atoms with E-state index in [1.54, 1.807) is 14.2 Å². The van der Waals surface area contributed by atoms with Crippen LogP contribution in [-0.2, 0) is 19.6 Å². The number of hydrogen-bond acceptors (Lipinski definition) is 4. The maximum atomic E-state index is 6.29. The minimum absolute atomic E-state index is 0.299. The van der Waals surface area contributed by atoms with Crippen molar-refractivity contribution in [3.63, 3.8) is 0 Å². The van der Waals surface area contributed by atoms with Gasteiger partial charge in [-0.05, 0) is 43.7 Å². The Balaban J connectivity index is 1.59. The third-order valence-corrected chi connectivity index (χ3v) is 5.32. The van der Waals surface area contributed by atoms with Crippen LogP contribution in [0.5, 0.6) is 11.5 Å². The van der Waals surface area contributed by atoms with Gasteiger partial charge in [0.25, 0.3) is 0 Å². The van der Waals surface area contributed by atoms with Gasteiger partial charge in [0.05, 0.1) is 19.8 Å². The summed E-state index contributed by atoms with van der Waals surface area (Å²) in [5, 5.41) is 6.75. The summed E-state index contributed by atoms with van der Waals surface area (Å²) >= 11 is 0. The van der Waals surface area contributed by atoms with Crippen LogP contribution in [0.1, 0.15) is 50.9 Å². The van der Waals surface area contributed by atoms with Gasteiger partial charge in [-0.1, -0.05) is 13.8 Å². The second-order valence-electron chi connectivity index (χ2n) is 8.17. The maximum absolute atomic E-state index is 6.29. The molecule has 0 spiro atoms. The van der Waals surface area contributed by atoms with Gasteiger partial charge >= 0.3 is 0 Å². The molecular weight excluding hydrogens is 378 g/mol. The second kappa shape index (κ2) is 10.9. The summed E-state index contributed by atoms with van der Waals surface area (Å²) in [5.74, 6) is 4.00. The molecule has 7 nitrogen and oxygen atoms in total. The molecule has 0 unspecified atom stereocenters. The molecule has 164 valence electrons. The molecule has 30 heavy (non-hydrogen) atoms. The summed E-state index contributed by atoms with van der Waals surface area (Å²) in [6.45, 7) is 6.60. The van der Waals surface area contributed by atoms with Crippen molar-refractivity contribution in [1.82, 2.24) is 20.2 Å². The van der Waals surface area contributed by atoms with Crippen molar-refractivity contribution in [2.24, 2.45) is 10.9 Å². The fourth-order valence-corrected chi connectivity index (χ4v) is 3.73. The Morgan fingerprint density at radius 3 is 2.70 bits per heavy atom. The average molecular weight is 414 g/mol. The van der Waals surface area contributed by atoms with Crippen LogP contribution in [0.4, 0.5) is 0 Å². The molecule has 1 aromatic carbocycles. The Morgan fingerprint density at radius 1 is 1.23 bits per heavy atom. The van der Waals surface area contributed by atoms with Crippen LogP contribution >= 0.6 is 0 Å². The van der Waals surface area contributed by atoms with Gasteiger partial charge in [-0.3, -0.25) is 4.99 Å². The van der Waals surface area contributed by atoms with E-state index in [4.69, 9.17) is 9.47 Å². The first-order valence-corrected chi connectivity index (χ1v) is 10.9. The minimum atomic E-state index is 0.299. The molecule has 1 aromatic heterocycles. The fourth-order valence-electron chi connectivity index (χ4n) is 3.73. The molecule has 0 saturated heterocycles. The van der Waals surface area contributed by atoms with Crippen LogP contribution in [0.25, 0.3) is 0 Å². The smallest absolute Gasteiger partial charge is 0.191 e. The quantitative estimate of drug-likeness (QED) is 0.484. The number of aliphatic imine (C=N–C) groups is 1. The Morgan fingerprint density at radius 2 is 2.00 bits per heavy atom. The molecule has 7 heteroatoms. The van der Waals surface area contributed by atoms with Crippen molar-refractivity contribution < 1.29 is 9.47 Å². The highest BCUT2D eigenvalue weighted by Gasteiger charge is 2.18. The van der Waals surface area contributed by atoms with E-state index in [0.717, 1.165) is 48.2 Å². The summed E-state index contributed by atoms with van der Waals surface area (Å²) in [6, 6.07) is 6.00. The lowest BCUT2D eigenvalue weighted by Crippen LogP contribution is -2.37. The highest BCUT2D eigenvalue weighted by molar-refractivity contribution is 5.79. The average Bonchev–Trinajstić information content (AvgIpc) is 3.40. The van der Waals surface area contributed by atoms with Crippen LogP contribution in [0.3, 0.4) is 0 Å². The zero-order valence-corrected chi connectivity index (χ0v) is 18.6. The number of imidazole rings is 1. The highest BCUT2D eigenvalue weighted by Crippen LogP contribution is 2.30. The molecule has 0 bridgehead atoms. The standard InChI is InChI=1S/C23H35N5O2/c1-17(2)16-28-12-11-25-22(28)15-27-23(24-3)26-14-18-9-10-20(29-4)13-21(18)30-19-7-5-6-8-19/h9-13,17,19H,5-8,14-16H2,1-4H3,(H2,24,26,27). The number of ether oxygens (including phenoxy) is 2. The van der Waals surface area contributed by atoms with Crippen molar-refractivity contribution in [1.29, 1.82) is 0 Å². The van der Waals surface area contributed by atoms with Crippen molar-refractivity contribution in [2.75, 3.05) is 14.2 Å². The minimum Gasteiger partial charge on any atom is -0.497 e. The molecule has 1 saturated carbocycles. The topological polar surface area (TPSA) is 72.7 Å². The monoisotopic (exact) mass is 413 g/mol. The van der Waals surface area contributed by atoms with E-state index < -0.39 is 0 Å². The second-order valence-corrected chi connectivity index (χ2v) is 8.17. The molecule has 2 N–H and O–H groups in total. The summed E-state index contributed by atoms with van der Waals surface area (Å²) < 4.78 is 13.9. The van der Waals surface area contributed by atoms with Gasteiger partial charge in [0.1, 0.15) is 17.3 Å². The van der Waals surface area contributed by atoms with E-state index in [2.05, 4.69) is 45.1 Å². The number of nitrogens with one attached hydrogen (secondary N) is 2. The Labute approximate surface area is 179 Å². The number of rotatable bonds is 9. The van der Waals surface area contributed by atoms with E-state index >= 15 is 0 Å². The first-order chi connectivity index (χ1) is 14.6. The van der Waals surface area contributed by atoms with Crippen molar-refractivity contribution in [3.05, 3.63) is 42.0 Å². The first-order valence-electron chi connectivity index (χ1n) is 10.9. The Hall–Kier alpha value is -2.70. The van der Waals surface area contributed by atoms with E-state index in [1.165, 1.54) is 12.8 Å². The van der Waals surface area contributed by atoms with Gasteiger partial charge in [-0.15, -0.1) is 0 Å². The molecule has 2 aromatic rings. The molecule has 0 amide bonds. The molecule has 1 aliphatic carbocycles. The lowest BCUT2D eigenvalue weighted by Gasteiger charge is -2.19. The molecule has 1 heterocycles. The summed E-state index contributed by atoms with van der Waals surface area (Å²) in [6.07, 6.45) is 8.90. The van der Waals surface area contributed by atoms with Crippen LogP contribution in [0.15, 0.2) is 35.6 Å². The molecule has 1 fully saturated rings. The highest BCUT2D eigenvalue weighted by atomic mass is 16.5. The van der Waals surface area contributed by atoms with Crippen LogP contribution in [0.2, 0.25) is 0 Å². The van der Waals surface area contributed by atoms with Crippen LogP contribution in [-0.4, -0.2) is 35.8 Å². The molecule has 3 rings (SSSR count). The maximum Gasteiger partial charge on any atom is 0.191 e. The predicted octanol–water partition coefficient (Wildman–Crippen LogP) is 3.73. The number of hydrogen-bond donors (Lipinski definition) is 2. The van der Waals surface area contributed by atoms with Crippen LogP contribution < -0.4 is 20.1 Å². The number of benzene rings is 1. The SMILES string of the molecule is CN=C(NCc1ccc(OC)cc1OC1CCCC1)NCc1nccn1CC(C)C. The number of nitrogens with zero attached hydrogens (tertiary/aromatic N) is 3. The zero-order chi connectivity index (χ0) is 21.3. The van der Waals surface area contributed by atoms with Gasteiger partial charge in [0.2, 0.25) is 0 Å².